The quantitative estimate of drug-likeness (QED) is 0.734. The van der Waals surface area contributed by atoms with Crippen molar-refractivity contribution in [3.05, 3.63) is 90.0 Å². The zero-order valence-electron chi connectivity index (χ0n) is 13.4. The molecule has 0 unspecified atom stereocenters. The van der Waals surface area contributed by atoms with Gasteiger partial charge in [-0.1, -0.05) is 36.4 Å². The van der Waals surface area contributed by atoms with Gasteiger partial charge in [-0.3, -0.25) is 4.79 Å². The normalized spacial score (nSPS) is 11.9. The number of aromatic nitrogens is 1. The molecule has 0 aliphatic carbocycles. The second-order valence-electron chi connectivity index (χ2n) is 5.77. The molecular weight excluding hydrogens is 303 g/mol. The molecule has 3 aromatic rings. The summed E-state index contributed by atoms with van der Waals surface area (Å²) in [7, 11) is 0. The van der Waals surface area contributed by atoms with Crippen LogP contribution in [0.25, 0.3) is 0 Å². The number of hydrogen-bond donors (Lipinski definition) is 1. The van der Waals surface area contributed by atoms with E-state index in [1.165, 1.54) is 6.07 Å². The molecule has 1 N–H and O–H groups in total. The third-order valence-corrected chi connectivity index (χ3v) is 4.01. The molecule has 1 amide bonds. The smallest absolute Gasteiger partial charge is 0.226 e. The molecule has 0 saturated carbocycles. The molecular formula is C20H19FN2O. The highest BCUT2D eigenvalue weighted by atomic mass is 19.1. The molecule has 4 heteroatoms. The minimum Gasteiger partial charge on any atom is -0.346 e. The van der Waals surface area contributed by atoms with Crippen molar-refractivity contribution in [2.45, 2.75) is 19.4 Å². The van der Waals surface area contributed by atoms with Gasteiger partial charge in [0, 0.05) is 18.1 Å². The largest absolute Gasteiger partial charge is 0.346 e. The summed E-state index contributed by atoms with van der Waals surface area (Å²) in [5.41, 5.74) is 2.09. The van der Waals surface area contributed by atoms with E-state index in [2.05, 4.69) is 5.32 Å². The summed E-state index contributed by atoms with van der Waals surface area (Å²) in [5.74, 6) is -0.473. The Morgan fingerprint density at radius 2 is 1.79 bits per heavy atom. The average Bonchev–Trinajstić information content (AvgIpc) is 3.11. The number of anilines is 1. The Labute approximate surface area is 140 Å². The summed E-state index contributed by atoms with van der Waals surface area (Å²) in [4.78, 5) is 12.4. The number of amides is 1. The van der Waals surface area contributed by atoms with Crippen molar-refractivity contribution >= 4 is 11.6 Å². The highest BCUT2D eigenvalue weighted by Gasteiger charge is 2.17. The van der Waals surface area contributed by atoms with Crippen molar-refractivity contribution in [1.29, 1.82) is 0 Å². The summed E-state index contributed by atoms with van der Waals surface area (Å²) in [5, 5.41) is 2.78. The Balaban J connectivity index is 1.77. The lowest BCUT2D eigenvalue weighted by Crippen LogP contribution is -2.19. The Morgan fingerprint density at radius 1 is 1.08 bits per heavy atom. The van der Waals surface area contributed by atoms with Crippen molar-refractivity contribution in [2.75, 3.05) is 5.32 Å². The molecule has 2 aromatic carbocycles. The number of nitrogens with zero attached hydrogens (tertiary/aromatic N) is 1. The van der Waals surface area contributed by atoms with Crippen LogP contribution in [0.15, 0.2) is 73.1 Å². The van der Waals surface area contributed by atoms with E-state index in [-0.39, 0.29) is 24.2 Å². The summed E-state index contributed by atoms with van der Waals surface area (Å²) in [6.45, 7) is 1.69. The van der Waals surface area contributed by atoms with E-state index in [0.717, 1.165) is 5.56 Å². The Bertz CT molecular complexity index is 813. The fourth-order valence-electron chi connectivity index (χ4n) is 2.68. The van der Waals surface area contributed by atoms with Crippen LogP contribution in [0.1, 0.15) is 23.6 Å². The van der Waals surface area contributed by atoms with Crippen molar-refractivity contribution in [2.24, 2.45) is 0 Å². The number of halogens is 1. The summed E-state index contributed by atoms with van der Waals surface area (Å²) in [6.07, 6.45) is 4.15. The van der Waals surface area contributed by atoms with Gasteiger partial charge in [-0.25, -0.2) is 4.39 Å². The maximum Gasteiger partial charge on any atom is 0.226 e. The maximum atomic E-state index is 13.6. The first-order valence-corrected chi connectivity index (χ1v) is 7.87. The van der Waals surface area contributed by atoms with Crippen LogP contribution in [0.4, 0.5) is 10.1 Å². The van der Waals surface area contributed by atoms with Gasteiger partial charge in [-0.15, -0.1) is 0 Å². The first-order valence-electron chi connectivity index (χ1n) is 7.87. The van der Waals surface area contributed by atoms with Crippen LogP contribution in [0.5, 0.6) is 0 Å². The molecule has 1 aromatic heterocycles. The molecule has 0 bridgehead atoms. The van der Waals surface area contributed by atoms with Gasteiger partial charge in [0.15, 0.2) is 0 Å². The van der Waals surface area contributed by atoms with E-state index in [9.17, 15) is 9.18 Å². The molecule has 0 fully saturated rings. The van der Waals surface area contributed by atoms with E-state index in [4.69, 9.17) is 0 Å². The third kappa shape index (κ3) is 3.71. The fraction of sp³-hybridized carbons (Fsp3) is 0.150. The highest BCUT2D eigenvalue weighted by Crippen LogP contribution is 2.23. The molecule has 0 aliphatic rings. The second kappa shape index (κ2) is 7.13. The van der Waals surface area contributed by atoms with E-state index in [0.29, 0.717) is 11.3 Å². The zero-order valence-corrected chi connectivity index (χ0v) is 13.4. The van der Waals surface area contributed by atoms with Crippen molar-refractivity contribution < 1.29 is 9.18 Å². The molecule has 3 nitrogen and oxygen atoms in total. The number of benzene rings is 2. The summed E-state index contributed by atoms with van der Waals surface area (Å²) < 4.78 is 15.6. The predicted octanol–water partition coefficient (Wildman–Crippen LogP) is 4.55. The number of nitrogens with one attached hydrogen (secondary N) is 1. The van der Waals surface area contributed by atoms with Crippen molar-refractivity contribution in [3.63, 3.8) is 0 Å². The maximum absolute atomic E-state index is 13.6. The molecule has 122 valence electrons. The van der Waals surface area contributed by atoms with Gasteiger partial charge < -0.3 is 9.88 Å². The first-order chi connectivity index (χ1) is 11.6. The topological polar surface area (TPSA) is 34.0 Å². The number of carbonyl (C=O) groups is 1. The van der Waals surface area contributed by atoms with E-state index < -0.39 is 0 Å². The van der Waals surface area contributed by atoms with Crippen molar-refractivity contribution in [3.8, 4) is 0 Å². The van der Waals surface area contributed by atoms with Gasteiger partial charge in [0.1, 0.15) is 5.82 Å². The SMILES string of the molecule is Cc1ccc(NC(=O)C[C@@H](c2ccccc2)n2cccc2)cc1F. The molecule has 24 heavy (non-hydrogen) atoms. The lowest BCUT2D eigenvalue weighted by molar-refractivity contribution is -0.116. The lowest BCUT2D eigenvalue weighted by Gasteiger charge is -2.19. The number of aryl methyl sites for hydroxylation is 1. The molecule has 3 rings (SSSR count). The molecule has 0 spiro atoms. The van der Waals surface area contributed by atoms with Gasteiger partial charge in [0.25, 0.3) is 0 Å². The standard InChI is InChI=1S/C20H19FN2O/c1-15-9-10-17(13-18(15)21)22-20(24)14-19(23-11-5-6-12-23)16-7-3-2-4-8-16/h2-13,19H,14H2,1H3,(H,22,24)/t19-/m0/s1. The van der Waals surface area contributed by atoms with Gasteiger partial charge >= 0.3 is 0 Å². The van der Waals surface area contributed by atoms with Crippen LogP contribution in [-0.2, 0) is 4.79 Å². The minimum absolute atomic E-state index is 0.100. The number of carbonyl (C=O) groups excluding carboxylic acids is 1. The van der Waals surface area contributed by atoms with Gasteiger partial charge in [-0.05, 0) is 42.3 Å². The average molecular weight is 322 g/mol. The van der Waals surface area contributed by atoms with Crippen LogP contribution in [0, 0.1) is 12.7 Å². The van der Waals surface area contributed by atoms with E-state index >= 15 is 0 Å². The minimum atomic E-state index is -0.321. The molecule has 0 radical (unpaired) electrons. The molecule has 1 heterocycles. The van der Waals surface area contributed by atoms with Crippen molar-refractivity contribution in [1.82, 2.24) is 4.57 Å². The van der Waals surface area contributed by atoms with E-state index in [1.807, 2.05) is 59.4 Å². The van der Waals surface area contributed by atoms with Gasteiger partial charge in [0.05, 0.1) is 12.5 Å². The summed E-state index contributed by atoms with van der Waals surface area (Å²) in [6, 6.07) is 18.4. The monoisotopic (exact) mass is 322 g/mol. The fourth-order valence-corrected chi connectivity index (χ4v) is 2.68. The number of hydrogen-bond acceptors (Lipinski definition) is 1. The van der Waals surface area contributed by atoms with Gasteiger partial charge in [-0.2, -0.15) is 0 Å². The van der Waals surface area contributed by atoms with Crippen LogP contribution >= 0.6 is 0 Å². The third-order valence-electron chi connectivity index (χ3n) is 4.01. The lowest BCUT2D eigenvalue weighted by atomic mass is 10.0. The van der Waals surface area contributed by atoms with Crippen LogP contribution in [0.3, 0.4) is 0 Å². The second-order valence-corrected chi connectivity index (χ2v) is 5.77. The number of rotatable bonds is 5. The van der Waals surface area contributed by atoms with Crippen LogP contribution < -0.4 is 5.32 Å². The highest BCUT2D eigenvalue weighted by molar-refractivity contribution is 5.91. The van der Waals surface area contributed by atoms with Crippen LogP contribution in [0.2, 0.25) is 0 Å². The molecule has 0 aliphatic heterocycles. The first kappa shape index (κ1) is 16.0. The molecule has 0 saturated heterocycles. The Kier molecular flexibility index (Phi) is 4.75. The van der Waals surface area contributed by atoms with E-state index in [1.54, 1.807) is 19.1 Å². The van der Waals surface area contributed by atoms with Crippen LogP contribution in [-0.4, -0.2) is 10.5 Å². The molecule has 1 atom stereocenters. The predicted molar refractivity (Wildman–Crippen MR) is 93.4 cm³/mol. The zero-order chi connectivity index (χ0) is 16.9. The Hall–Kier alpha value is -2.88. The summed E-state index contributed by atoms with van der Waals surface area (Å²) >= 11 is 0. The Morgan fingerprint density at radius 3 is 2.46 bits per heavy atom. The van der Waals surface area contributed by atoms with Gasteiger partial charge in [0.2, 0.25) is 5.91 Å².